The van der Waals surface area contributed by atoms with Crippen molar-refractivity contribution in [2.24, 2.45) is 0 Å². The van der Waals surface area contributed by atoms with Gasteiger partial charge in [-0.2, -0.15) is 15.8 Å². The first kappa shape index (κ1) is 40.3. The van der Waals surface area contributed by atoms with Crippen LogP contribution < -0.4 is 0 Å². The van der Waals surface area contributed by atoms with Crippen molar-refractivity contribution in [3.05, 3.63) is 53.1 Å². The quantitative estimate of drug-likeness (QED) is 0.383. The molecule has 0 saturated heterocycles. The van der Waals surface area contributed by atoms with E-state index in [4.69, 9.17) is 27.4 Å². The van der Waals surface area contributed by atoms with E-state index in [2.05, 4.69) is 35.9 Å². The van der Waals surface area contributed by atoms with Crippen molar-refractivity contribution in [1.29, 1.82) is 15.8 Å². The number of hydrogen-bond acceptors (Lipinski definition) is 6. The fraction of sp³-hybridized carbons (Fsp3) is 0.455. The fourth-order valence-corrected chi connectivity index (χ4v) is 2.18. The molecule has 0 radical (unpaired) electrons. The van der Waals surface area contributed by atoms with Crippen LogP contribution in [0, 0.1) is 54.8 Å². The molecule has 0 aliphatic rings. The van der Waals surface area contributed by atoms with Gasteiger partial charge in [0.1, 0.15) is 41.0 Å². The lowest BCUT2D eigenvalue weighted by Crippen LogP contribution is -1.97. The summed E-state index contributed by atoms with van der Waals surface area (Å²) in [5.41, 5.74) is 0. The smallest absolute Gasteiger partial charge is 0.112 e. The number of hydrogen-bond donors (Lipinski definition) is 1. The van der Waals surface area contributed by atoms with Gasteiger partial charge in [-0.3, -0.25) is 0 Å². The highest BCUT2D eigenvalue weighted by molar-refractivity contribution is 9.10. The number of rotatable bonds is 2. The molecule has 3 aromatic rings. The first-order valence-electron chi connectivity index (χ1n) is 8.19. The summed E-state index contributed by atoms with van der Waals surface area (Å²) in [5, 5.41) is 24.1. The molecule has 11 heteroatoms. The van der Waals surface area contributed by atoms with Gasteiger partial charge in [-0.15, -0.1) is 11.6 Å². The third-order valence-electron chi connectivity index (χ3n) is 3.09. The minimum atomic E-state index is 0. The molecular weight excluding hydrogens is 506 g/mol. The molecule has 1 N–H and O–H groups in total. The summed E-state index contributed by atoms with van der Waals surface area (Å²) in [6.45, 7) is 6.40. The standard InChI is InChI=1S/C6H6BrN3.C6H7N3.C4H6N2.C2H2ClN.4CH4/c1-5-9-4-6(7)10(5)3-2-8;1-6-8-3-5-9(6)4-2-7;1-4-5-2-3-6-4;3-1-2-4;;;;/h4H,3H2,1H3;3,5H,4H2,1H3;2-3H,1H3,(H,5,6);1H2;4*1H4. The average molecular weight is 543 g/mol. The Hall–Kier alpha value is -3.13. The molecule has 9 nitrogen and oxygen atoms in total. The van der Waals surface area contributed by atoms with Crippen molar-refractivity contribution < 1.29 is 0 Å². The van der Waals surface area contributed by atoms with Gasteiger partial charge in [0, 0.05) is 24.8 Å². The highest BCUT2D eigenvalue weighted by Crippen LogP contribution is 2.10. The molecule has 3 heterocycles. The zero-order valence-corrected chi connectivity index (χ0v) is 18.7. The van der Waals surface area contributed by atoms with Crippen molar-refractivity contribution in [2.75, 3.05) is 5.88 Å². The van der Waals surface area contributed by atoms with Gasteiger partial charge >= 0.3 is 0 Å². The number of nitrogens with zero attached hydrogens (tertiary/aromatic N) is 8. The van der Waals surface area contributed by atoms with Crippen LogP contribution in [-0.2, 0) is 13.1 Å². The molecule has 0 fully saturated rings. The van der Waals surface area contributed by atoms with Crippen LogP contribution in [0.4, 0.5) is 0 Å². The first-order chi connectivity index (χ1) is 13.9. The van der Waals surface area contributed by atoms with Gasteiger partial charge in [0.25, 0.3) is 0 Å². The van der Waals surface area contributed by atoms with Gasteiger partial charge in [-0.25, -0.2) is 15.0 Å². The maximum atomic E-state index is 8.37. The van der Waals surface area contributed by atoms with Crippen LogP contribution in [0.15, 0.2) is 35.6 Å². The van der Waals surface area contributed by atoms with Crippen molar-refractivity contribution in [3.63, 3.8) is 0 Å². The summed E-state index contributed by atoms with van der Waals surface area (Å²) < 4.78 is 4.44. The van der Waals surface area contributed by atoms with E-state index in [1.807, 2.05) is 32.9 Å². The number of alkyl halides is 1. The predicted octanol–water partition coefficient (Wildman–Crippen LogP) is 6.20. The van der Waals surface area contributed by atoms with Crippen LogP contribution in [0.5, 0.6) is 0 Å². The van der Waals surface area contributed by atoms with Gasteiger partial charge in [0.15, 0.2) is 0 Å². The van der Waals surface area contributed by atoms with Crippen LogP contribution >= 0.6 is 27.5 Å². The molecule has 0 atom stereocenters. The van der Waals surface area contributed by atoms with Crippen molar-refractivity contribution in [1.82, 2.24) is 29.1 Å². The van der Waals surface area contributed by atoms with E-state index in [0.29, 0.717) is 13.1 Å². The highest BCUT2D eigenvalue weighted by Gasteiger charge is 2.00. The van der Waals surface area contributed by atoms with Crippen LogP contribution in [0.25, 0.3) is 0 Å². The number of aryl methyl sites for hydroxylation is 3. The zero-order chi connectivity index (χ0) is 22.1. The van der Waals surface area contributed by atoms with Crippen LogP contribution in [0.3, 0.4) is 0 Å². The molecular formula is C22H37BrClN9. The van der Waals surface area contributed by atoms with Crippen molar-refractivity contribution >= 4 is 27.5 Å². The molecule has 0 unspecified atom stereocenters. The molecule has 33 heavy (non-hydrogen) atoms. The molecule has 0 amide bonds. The molecule has 0 spiro atoms. The SMILES string of the molecule is C.C.C.C.Cc1ncc(Br)n1CC#N.Cc1ncc[nH]1.Cc1nccn1CC#N.N#CCCl. The molecule has 0 aliphatic heterocycles. The minimum Gasteiger partial charge on any atom is -0.349 e. The van der Waals surface area contributed by atoms with Gasteiger partial charge in [0.2, 0.25) is 0 Å². The first-order valence-corrected chi connectivity index (χ1v) is 9.52. The zero-order valence-electron chi connectivity index (χ0n) is 16.3. The number of nitrogens with one attached hydrogen (secondary N) is 1. The lowest BCUT2D eigenvalue weighted by Gasteiger charge is -1.97. The van der Waals surface area contributed by atoms with E-state index < -0.39 is 0 Å². The number of imidazole rings is 3. The average Bonchev–Trinajstić information content (AvgIpc) is 3.43. The molecule has 0 aliphatic carbocycles. The Balaban J connectivity index is -0.000000106. The maximum absolute atomic E-state index is 8.37. The molecule has 0 saturated carbocycles. The summed E-state index contributed by atoms with van der Waals surface area (Å²) >= 11 is 8.09. The van der Waals surface area contributed by atoms with E-state index in [1.165, 1.54) is 0 Å². The largest absolute Gasteiger partial charge is 0.349 e. The van der Waals surface area contributed by atoms with Crippen LogP contribution in [0.1, 0.15) is 47.2 Å². The lowest BCUT2D eigenvalue weighted by molar-refractivity contribution is 0.773. The van der Waals surface area contributed by atoms with E-state index in [9.17, 15) is 0 Å². The van der Waals surface area contributed by atoms with Gasteiger partial charge in [0.05, 0.1) is 24.4 Å². The van der Waals surface area contributed by atoms with E-state index in [-0.39, 0.29) is 35.6 Å². The Labute approximate surface area is 212 Å². The van der Waals surface area contributed by atoms with Crippen molar-refractivity contribution in [3.8, 4) is 18.2 Å². The maximum Gasteiger partial charge on any atom is 0.112 e. The van der Waals surface area contributed by atoms with E-state index >= 15 is 0 Å². The van der Waals surface area contributed by atoms with Crippen molar-refractivity contribution in [2.45, 2.75) is 63.6 Å². The van der Waals surface area contributed by atoms with Crippen LogP contribution in [-0.4, -0.2) is 35.0 Å². The molecule has 184 valence electrons. The van der Waals surface area contributed by atoms with Crippen LogP contribution in [0.2, 0.25) is 0 Å². The Morgan fingerprint density at radius 2 is 1.48 bits per heavy atom. The third-order valence-corrected chi connectivity index (χ3v) is 3.85. The lowest BCUT2D eigenvalue weighted by atomic mass is 10.6. The number of halogens is 2. The minimum absolute atomic E-state index is 0. The summed E-state index contributed by atoms with van der Waals surface area (Å²) in [6, 6.07) is 5.77. The molecule has 0 aromatic carbocycles. The van der Waals surface area contributed by atoms with E-state index in [0.717, 1.165) is 22.1 Å². The molecule has 3 rings (SSSR count). The Morgan fingerprint density at radius 3 is 1.76 bits per heavy atom. The predicted molar refractivity (Wildman–Crippen MR) is 139 cm³/mol. The van der Waals surface area contributed by atoms with E-state index in [1.54, 1.807) is 46.2 Å². The Morgan fingerprint density at radius 1 is 0.909 bits per heavy atom. The second-order valence-electron chi connectivity index (χ2n) is 5.10. The summed E-state index contributed by atoms with van der Waals surface area (Å²) in [7, 11) is 0. The Bertz CT molecular complexity index is 923. The second-order valence-corrected chi connectivity index (χ2v) is 6.18. The fourth-order valence-electron chi connectivity index (χ4n) is 1.69. The number of nitriles is 3. The third kappa shape index (κ3) is 18.2. The number of aromatic amines is 1. The Kier molecular flexibility index (Phi) is 30.7. The monoisotopic (exact) mass is 541 g/mol. The number of aromatic nitrogens is 6. The molecule has 0 bridgehead atoms. The van der Waals surface area contributed by atoms with Gasteiger partial charge in [-0.05, 0) is 36.7 Å². The topological polar surface area (TPSA) is 136 Å². The van der Waals surface area contributed by atoms with Gasteiger partial charge < -0.3 is 14.1 Å². The van der Waals surface area contributed by atoms with Gasteiger partial charge in [-0.1, -0.05) is 29.7 Å². The highest BCUT2D eigenvalue weighted by atomic mass is 79.9. The number of H-pyrrole nitrogens is 1. The summed E-state index contributed by atoms with van der Waals surface area (Å²) in [6.07, 6.45) is 8.70. The normalized spacial score (nSPS) is 7.45. The molecule has 3 aromatic heterocycles. The second kappa shape index (κ2) is 25.1. The summed E-state index contributed by atoms with van der Waals surface area (Å²) in [4.78, 5) is 14.7. The summed E-state index contributed by atoms with van der Waals surface area (Å²) in [5.74, 6) is 2.81.